The molecule has 0 bridgehead atoms. The zero-order valence-corrected chi connectivity index (χ0v) is 17.5. The molecule has 1 atom stereocenters. The normalized spacial score (nSPS) is 11.8. The van der Waals surface area contributed by atoms with Crippen LogP contribution in [-0.4, -0.2) is 26.3 Å². The molecule has 0 heterocycles. The maximum absolute atomic E-state index is 13.0. The molecule has 0 aliphatic carbocycles. The van der Waals surface area contributed by atoms with E-state index >= 15 is 0 Å². The number of amides is 1. The number of ether oxygens (including phenoxy) is 2. The SMILES string of the molecule is COc1ccc(/C=N/NC(=O)C(Cc2ccccc2C)c2ccccc2)cc1OC. The predicted octanol–water partition coefficient (Wildman–Crippen LogP) is 4.49. The van der Waals surface area contributed by atoms with Gasteiger partial charge in [0.05, 0.1) is 26.4 Å². The lowest BCUT2D eigenvalue weighted by Crippen LogP contribution is -2.27. The first-order chi connectivity index (χ1) is 14.6. The highest BCUT2D eigenvalue weighted by Gasteiger charge is 2.21. The van der Waals surface area contributed by atoms with Gasteiger partial charge in [-0.3, -0.25) is 4.79 Å². The molecule has 0 spiro atoms. The number of methoxy groups -OCH3 is 2. The van der Waals surface area contributed by atoms with Gasteiger partial charge in [-0.1, -0.05) is 54.6 Å². The average molecular weight is 402 g/mol. The molecule has 3 aromatic rings. The molecule has 0 aliphatic heterocycles. The molecule has 5 heteroatoms. The van der Waals surface area contributed by atoms with Gasteiger partial charge in [0.1, 0.15) is 0 Å². The first kappa shape index (κ1) is 21.1. The largest absolute Gasteiger partial charge is 0.493 e. The number of aryl methyl sites for hydroxylation is 1. The minimum absolute atomic E-state index is 0.152. The van der Waals surface area contributed by atoms with Crippen molar-refractivity contribution in [1.82, 2.24) is 5.43 Å². The zero-order valence-electron chi connectivity index (χ0n) is 17.5. The van der Waals surface area contributed by atoms with Gasteiger partial charge < -0.3 is 9.47 Å². The summed E-state index contributed by atoms with van der Waals surface area (Å²) < 4.78 is 10.5. The molecule has 3 rings (SSSR count). The molecule has 0 aromatic heterocycles. The monoisotopic (exact) mass is 402 g/mol. The van der Waals surface area contributed by atoms with Crippen molar-refractivity contribution in [2.75, 3.05) is 14.2 Å². The molecule has 0 fully saturated rings. The number of carbonyl (C=O) groups is 1. The number of hydrazone groups is 1. The highest BCUT2D eigenvalue weighted by Crippen LogP contribution is 2.27. The second-order valence-corrected chi connectivity index (χ2v) is 6.94. The third-order valence-corrected chi connectivity index (χ3v) is 5.00. The molecule has 1 N–H and O–H groups in total. The van der Waals surface area contributed by atoms with Crippen molar-refractivity contribution in [2.24, 2.45) is 5.10 Å². The van der Waals surface area contributed by atoms with E-state index in [4.69, 9.17) is 9.47 Å². The van der Waals surface area contributed by atoms with E-state index in [1.54, 1.807) is 32.6 Å². The van der Waals surface area contributed by atoms with Crippen LogP contribution in [0.3, 0.4) is 0 Å². The van der Waals surface area contributed by atoms with Crippen molar-refractivity contribution >= 4 is 12.1 Å². The number of benzene rings is 3. The second-order valence-electron chi connectivity index (χ2n) is 6.94. The Morgan fingerprint density at radius 1 is 0.967 bits per heavy atom. The van der Waals surface area contributed by atoms with Gasteiger partial charge in [-0.2, -0.15) is 5.10 Å². The molecular weight excluding hydrogens is 376 g/mol. The Labute approximate surface area is 177 Å². The molecule has 0 saturated carbocycles. The van der Waals surface area contributed by atoms with Crippen LogP contribution in [0.4, 0.5) is 0 Å². The first-order valence-electron chi connectivity index (χ1n) is 9.76. The van der Waals surface area contributed by atoms with Gasteiger partial charge in [0, 0.05) is 0 Å². The number of hydrogen-bond donors (Lipinski definition) is 1. The Morgan fingerprint density at radius 2 is 1.67 bits per heavy atom. The Kier molecular flexibility index (Phi) is 7.22. The van der Waals surface area contributed by atoms with Crippen molar-refractivity contribution in [3.05, 3.63) is 95.1 Å². The van der Waals surface area contributed by atoms with E-state index in [9.17, 15) is 4.79 Å². The van der Waals surface area contributed by atoms with Gasteiger partial charge in [-0.15, -0.1) is 0 Å². The fraction of sp³-hybridized carbons (Fsp3) is 0.200. The lowest BCUT2D eigenvalue weighted by atomic mass is 9.90. The Hall–Kier alpha value is -3.60. The molecule has 0 saturated heterocycles. The van der Waals surface area contributed by atoms with Crippen LogP contribution in [-0.2, 0) is 11.2 Å². The molecule has 0 aliphatic rings. The van der Waals surface area contributed by atoms with Gasteiger partial charge in [-0.05, 0) is 53.8 Å². The van der Waals surface area contributed by atoms with Crippen LogP contribution in [0.25, 0.3) is 0 Å². The molecule has 30 heavy (non-hydrogen) atoms. The fourth-order valence-corrected chi connectivity index (χ4v) is 3.29. The molecule has 5 nitrogen and oxygen atoms in total. The van der Waals surface area contributed by atoms with Crippen molar-refractivity contribution < 1.29 is 14.3 Å². The van der Waals surface area contributed by atoms with E-state index < -0.39 is 0 Å². The summed E-state index contributed by atoms with van der Waals surface area (Å²) in [6.07, 6.45) is 2.20. The Bertz CT molecular complexity index is 1020. The number of nitrogens with one attached hydrogen (secondary N) is 1. The van der Waals surface area contributed by atoms with Crippen molar-refractivity contribution in [1.29, 1.82) is 0 Å². The number of carbonyl (C=O) groups excluding carboxylic acids is 1. The second kappa shape index (κ2) is 10.3. The molecular formula is C25H26N2O3. The van der Waals surface area contributed by atoms with Crippen LogP contribution in [0.1, 0.15) is 28.2 Å². The minimum Gasteiger partial charge on any atom is -0.493 e. The summed E-state index contributed by atoms with van der Waals surface area (Å²) in [6.45, 7) is 2.06. The fourth-order valence-electron chi connectivity index (χ4n) is 3.29. The van der Waals surface area contributed by atoms with E-state index in [0.717, 1.165) is 16.7 Å². The van der Waals surface area contributed by atoms with E-state index in [1.807, 2.05) is 48.5 Å². The van der Waals surface area contributed by atoms with Gasteiger partial charge in [0.15, 0.2) is 11.5 Å². The molecule has 1 unspecified atom stereocenters. The van der Waals surface area contributed by atoms with Crippen molar-refractivity contribution in [3.63, 3.8) is 0 Å². The molecule has 0 radical (unpaired) electrons. The van der Waals surface area contributed by atoms with Crippen LogP contribution in [0.2, 0.25) is 0 Å². The van der Waals surface area contributed by atoms with Crippen molar-refractivity contribution in [2.45, 2.75) is 19.3 Å². The topological polar surface area (TPSA) is 59.9 Å². The third kappa shape index (κ3) is 5.26. The molecule has 154 valence electrons. The maximum atomic E-state index is 13.0. The number of hydrogen-bond acceptors (Lipinski definition) is 4. The van der Waals surface area contributed by atoms with Crippen LogP contribution >= 0.6 is 0 Å². The summed E-state index contributed by atoms with van der Waals surface area (Å²) in [5, 5.41) is 4.16. The summed E-state index contributed by atoms with van der Waals surface area (Å²) in [7, 11) is 3.17. The summed E-state index contributed by atoms with van der Waals surface area (Å²) in [6, 6.07) is 23.4. The number of rotatable bonds is 8. The lowest BCUT2D eigenvalue weighted by Gasteiger charge is -2.17. The Balaban J connectivity index is 1.77. The van der Waals surface area contributed by atoms with Crippen LogP contribution in [0.5, 0.6) is 11.5 Å². The summed E-state index contributed by atoms with van der Waals surface area (Å²) in [4.78, 5) is 13.0. The van der Waals surface area contributed by atoms with Crippen molar-refractivity contribution in [3.8, 4) is 11.5 Å². The zero-order chi connectivity index (χ0) is 21.3. The highest BCUT2D eigenvalue weighted by atomic mass is 16.5. The molecule has 1 amide bonds. The van der Waals surface area contributed by atoms with Crippen LogP contribution < -0.4 is 14.9 Å². The lowest BCUT2D eigenvalue weighted by molar-refractivity contribution is -0.122. The highest BCUT2D eigenvalue weighted by molar-refractivity contribution is 5.86. The first-order valence-corrected chi connectivity index (χ1v) is 9.76. The van der Waals surface area contributed by atoms with Gasteiger partial charge in [0.25, 0.3) is 0 Å². The average Bonchev–Trinajstić information content (AvgIpc) is 2.78. The Morgan fingerprint density at radius 3 is 2.37 bits per heavy atom. The summed E-state index contributed by atoms with van der Waals surface area (Å²) in [5.74, 6) is 0.756. The van der Waals surface area contributed by atoms with E-state index in [1.165, 1.54) is 5.56 Å². The molecule has 3 aromatic carbocycles. The van der Waals surface area contributed by atoms with Crippen LogP contribution in [0.15, 0.2) is 77.9 Å². The minimum atomic E-state index is -0.338. The standard InChI is InChI=1S/C25H26N2O3/c1-18-9-7-8-12-21(18)16-22(20-10-5-4-6-11-20)25(28)27-26-17-19-13-14-23(29-2)24(15-19)30-3/h4-15,17,22H,16H2,1-3H3,(H,27,28)/b26-17+. The van der Waals surface area contributed by atoms with Crippen LogP contribution in [0, 0.1) is 6.92 Å². The van der Waals surface area contributed by atoms with E-state index in [2.05, 4.69) is 29.6 Å². The predicted molar refractivity (Wildman–Crippen MR) is 119 cm³/mol. The summed E-state index contributed by atoms with van der Waals surface area (Å²) >= 11 is 0. The summed E-state index contributed by atoms with van der Waals surface area (Å²) in [5.41, 5.74) is 6.76. The van der Waals surface area contributed by atoms with E-state index in [0.29, 0.717) is 17.9 Å². The van der Waals surface area contributed by atoms with Gasteiger partial charge in [-0.25, -0.2) is 5.43 Å². The maximum Gasteiger partial charge on any atom is 0.247 e. The third-order valence-electron chi connectivity index (χ3n) is 5.00. The number of nitrogens with zero attached hydrogens (tertiary/aromatic N) is 1. The van der Waals surface area contributed by atoms with Gasteiger partial charge >= 0.3 is 0 Å². The van der Waals surface area contributed by atoms with Gasteiger partial charge in [0.2, 0.25) is 5.91 Å². The van der Waals surface area contributed by atoms with E-state index in [-0.39, 0.29) is 11.8 Å². The smallest absolute Gasteiger partial charge is 0.247 e. The quantitative estimate of drug-likeness (QED) is 0.446.